The van der Waals surface area contributed by atoms with Gasteiger partial charge in [0.05, 0.1) is 11.7 Å². The van der Waals surface area contributed by atoms with Crippen LogP contribution in [0.1, 0.15) is 33.9 Å². The van der Waals surface area contributed by atoms with E-state index in [-0.39, 0.29) is 24.9 Å². The summed E-state index contributed by atoms with van der Waals surface area (Å²) in [7, 11) is 0. The van der Waals surface area contributed by atoms with E-state index in [2.05, 4.69) is 0 Å². The number of nitrogens with zero attached hydrogens (tertiary/aromatic N) is 1. The van der Waals surface area contributed by atoms with Crippen molar-refractivity contribution in [3.63, 3.8) is 0 Å². The van der Waals surface area contributed by atoms with Gasteiger partial charge in [-0.1, -0.05) is 72.8 Å². The van der Waals surface area contributed by atoms with E-state index in [1.807, 2.05) is 72.8 Å². The molecule has 0 bridgehead atoms. The van der Waals surface area contributed by atoms with Gasteiger partial charge in [-0.2, -0.15) is 0 Å². The molecule has 4 heteroatoms. The van der Waals surface area contributed by atoms with Crippen LogP contribution in [0.3, 0.4) is 0 Å². The second-order valence-corrected chi connectivity index (χ2v) is 6.48. The molecule has 27 heavy (non-hydrogen) atoms. The number of benzene rings is 3. The Kier molecular flexibility index (Phi) is 4.71. The van der Waals surface area contributed by atoms with Crippen molar-refractivity contribution in [1.82, 2.24) is 0 Å². The Hall–Kier alpha value is -3.40. The lowest BCUT2D eigenvalue weighted by atomic mass is 9.90. The highest BCUT2D eigenvalue weighted by Gasteiger charge is 2.36. The first kappa shape index (κ1) is 17.0. The maximum absolute atomic E-state index is 13.0. The minimum absolute atomic E-state index is 0.0339. The number of para-hydroxylation sites is 1. The van der Waals surface area contributed by atoms with Crippen LogP contribution in [0, 0.1) is 0 Å². The molecule has 0 spiro atoms. The Morgan fingerprint density at radius 1 is 0.889 bits per heavy atom. The van der Waals surface area contributed by atoms with Crippen LogP contribution in [0.15, 0.2) is 84.9 Å². The standard InChI is InChI=1S/C23H19NO3/c25-22-15-21(18-11-5-2-6-12-18)24(20-14-8-7-13-19(20)22)23(26)27-16-17-9-3-1-4-10-17/h1-14,21H,15-16H2/t21-/m1/s1. The summed E-state index contributed by atoms with van der Waals surface area (Å²) < 4.78 is 5.59. The molecule has 3 aromatic carbocycles. The van der Waals surface area contributed by atoms with Gasteiger partial charge >= 0.3 is 6.09 Å². The molecule has 0 fully saturated rings. The molecule has 1 aliphatic heterocycles. The van der Waals surface area contributed by atoms with Crippen molar-refractivity contribution in [2.45, 2.75) is 19.1 Å². The average Bonchev–Trinajstić information content (AvgIpc) is 2.73. The SMILES string of the molecule is O=C1C[C@H](c2ccccc2)N(C(=O)OCc2ccccc2)c2ccccc21. The first-order valence-corrected chi connectivity index (χ1v) is 8.91. The summed E-state index contributed by atoms with van der Waals surface area (Å²) in [6.45, 7) is 0.188. The van der Waals surface area contributed by atoms with Crippen LogP contribution in [0.5, 0.6) is 0 Å². The summed E-state index contributed by atoms with van der Waals surface area (Å²) in [4.78, 5) is 27.3. The monoisotopic (exact) mass is 357 g/mol. The van der Waals surface area contributed by atoms with Crippen molar-refractivity contribution in [3.05, 3.63) is 102 Å². The number of Topliss-reactive ketones (excluding diaryl/α,β-unsaturated/α-hetero) is 1. The highest BCUT2D eigenvalue weighted by atomic mass is 16.6. The van der Waals surface area contributed by atoms with Crippen molar-refractivity contribution >= 4 is 17.6 Å². The molecule has 0 aromatic heterocycles. The van der Waals surface area contributed by atoms with Gasteiger partial charge in [-0.3, -0.25) is 9.69 Å². The van der Waals surface area contributed by atoms with E-state index >= 15 is 0 Å². The molecule has 0 aliphatic carbocycles. The normalized spacial score (nSPS) is 15.9. The van der Waals surface area contributed by atoms with E-state index in [0.717, 1.165) is 11.1 Å². The van der Waals surface area contributed by atoms with Gasteiger partial charge in [0.25, 0.3) is 0 Å². The summed E-state index contributed by atoms with van der Waals surface area (Å²) in [6, 6.07) is 26.0. The van der Waals surface area contributed by atoms with Crippen molar-refractivity contribution in [3.8, 4) is 0 Å². The van der Waals surface area contributed by atoms with Gasteiger partial charge in [-0.15, -0.1) is 0 Å². The largest absolute Gasteiger partial charge is 0.444 e. The van der Waals surface area contributed by atoms with Gasteiger partial charge < -0.3 is 4.74 Å². The number of carbonyl (C=O) groups excluding carboxylic acids is 2. The van der Waals surface area contributed by atoms with E-state index in [9.17, 15) is 9.59 Å². The minimum Gasteiger partial charge on any atom is -0.444 e. The molecule has 1 atom stereocenters. The quantitative estimate of drug-likeness (QED) is 0.651. The topological polar surface area (TPSA) is 46.6 Å². The van der Waals surface area contributed by atoms with Gasteiger partial charge in [0, 0.05) is 12.0 Å². The van der Waals surface area contributed by atoms with E-state index in [1.54, 1.807) is 17.0 Å². The Morgan fingerprint density at radius 3 is 2.26 bits per heavy atom. The number of fused-ring (bicyclic) bond motifs is 1. The molecule has 4 nitrogen and oxygen atoms in total. The fourth-order valence-electron chi connectivity index (χ4n) is 3.42. The zero-order valence-electron chi connectivity index (χ0n) is 14.7. The lowest BCUT2D eigenvalue weighted by Crippen LogP contribution is -2.40. The van der Waals surface area contributed by atoms with Crippen LogP contribution in [0.4, 0.5) is 10.5 Å². The van der Waals surface area contributed by atoms with Crippen LogP contribution in [-0.2, 0) is 11.3 Å². The molecule has 0 unspecified atom stereocenters. The third-order valence-corrected chi connectivity index (χ3v) is 4.74. The molecule has 0 radical (unpaired) electrons. The number of ketones is 1. The first-order valence-electron chi connectivity index (χ1n) is 8.91. The van der Waals surface area contributed by atoms with Gasteiger partial charge in [0.15, 0.2) is 5.78 Å². The summed E-state index contributed by atoms with van der Waals surface area (Å²) in [6.07, 6.45) is -0.214. The van der Waals surface area contributed by atoms with Crippen LogP contribution >= 0.6 is 0 Å². The predicted octanol–water partition coefficient (Wildman–Crippen LogP) is 5.16. The maximum atomic E-state index is 13.0. The molecule has 0 saturated carbocycles. The zero-order valence-corrected chi connectivity index (χ0v) is 14.7. The molecule has 0 N–H and O–H groups in total. The molecular formula is C23H19NO3. The summed E-state index contributed by atoms with van der Waals surface area (Å²) in [5.74, 6) is 0.0339. The van der Waals surface area contributed by atoms with Crippen LogP contribution in [0.2, 0.25) is 0 Å². The van der Waals surface area contributed by atoms with Crippen LogP contribution in [-0.4, -0.2) is 11.9 Å². The van der Waals surface area contributed by atoms with Gasteiger partial charge in [-0.05, 0) is 23.3 Å². The van der Waals surface area contributed by atoms with Crippen molar-refractivity contribution in [2.75, 3.05) is 4.90 Å². The lowest BCUT2D eigenvalue weighted by molar-refractivity contribution is 0.0961. The van der Waals surface area contributed by atoms with Gasteiger partial charge in [0.2, 0.25) is 0 Å². The molecule has 134 valence electrons. The van der Waals surface area contributed by atoms with E-state index < -0.39 is 6.09 Å². The lowest BCUT2D eigenvalue weighted by Gasteiger charge is -2.35. The van der Waals surface area contributed by atoms with E-state index in [1.165, 1.54) is 0 Å². The second kappa shape index (κ2) is 7.46. The third kappa shape index (κ3) is 3.47. The smallest absolute Gasteiger partial charge is 0.415 e. The summed E-state index contributed by atoms with van der Waals surface area (Å²) >= 11 is 0. The van der Waals surface area contributed by atoms with Crippen molar-refractivity contribution in [2.24, 2.45) is 0 Å². The molecular weight excluding hydrogens is 338 g/mol. The second-order valence-electron chi connectivity index (χ2n) is 6.48. The number of anilines is 1. The fourth-order valence-corrected chi connectivity index (χ4v) is 3.42. The maximum Gasteiger partial charge on any atom is 0.415 e. The number of hydrogen-bond acceptors (Lipinski definition) is 3. The average molecular weight is 357 g/mol. The molecule has 1 amide bonds. The first-order chi connectivity index (χ1) is 13.2. The summed E-state index contributed by atoms with van der Waals surface area (Å²) in [5, 5.41) is 0. The Bertz CT molecular complexity index is 954. The number of hydrogen-bond donors (Lipinski definition) is 0. The summed E-state index contributed by atoms with van der Waals surface area (Å²) in [5.41, 5.74) is 2.99. The molecule has 4 rings (SSSR count). The number of carbonyl (C=O) groups is 2. The zero-order chi connectivity index (χ0) is 18.6. The Morgan fingerprint density at radius 2 is 1.52 bits per heavy atom. The van der Waals surface area contributed by atoms with Gasteiger partial charge in [0.1, 0.15) is 6.61 Å². The number of amides is 1. The molecule has 3 aromatic rings. The number of rotatable bonds is 3. The van der Waals surface area contributed by atoms with Gasteiger partial charge in [-0.25, -0.2) is 4.79 Å². The fraction of sp³-hybridized carbons (Fsp3) is 0.130. The Balaban J connectivity index is 1.67. The Labute approximate surface area is 158 Å². The van der Waals surface area contributed by atoms with Crippen molar-refractivity contribution in [1.29, 1.82) is 0 Å². The molecule has 0 saturated heterocycles. The van der Waals surface area contributed by atoms with E-state index in [0.29, 0.717) is 11.3 Å². The number of ether oxygens (including phenoxy) is 1. The highest BCUT2D eigenvalue weighted by Crippen LogP contribution is 2.38. The molecule has 1 heterocycles. The predicted molar refractivity (Wildman–Crippen MR) is 104 cm³/mol. The third-order valence-electron chi connectivity index (χ3n) is 4.74. The van der Waals surface area contributed by atoms with E-state index in [4.69, 9.17) is 4.74 Å². The molecule has 1 aliphatic rings. The highest BCUT2D eigenvalue weighted by molar-refractivity contribution is 6.08. The van der Waals surface area contributed by atoms with Crippen LogP contribution < -0.4 is 4.90 Å². The van der Waals surface area contributed by atoms with Crippen molar-refractivity contribution < 1.29 is 14.3 Å². The minimum atomic E-state index is -0.451. The van der Waals surface area contributed by atoms with Crippen LogP contribution in [0.25, 0.3) is 0 Å².